The topological polar surface area (TPSA) is 32.3 Å². The van der Waals surface area contributed by atoms with Gasteiger partial charge in [0.15, 0.2) is 0 Å². The first-order valence-corrected chi connectivity index (χ1v) is 11.3. The number of likely N-dealkylation sites (N-methyl/N-ethyl adjacent to an activating group) is 2. The molecule has 3 aromatic rings. The Morgan fingerprint density at radius 1 is 0.867 bits per heavy atom. The van der Waals surface area contributed by atoms with Crippen LogP contribution in [0.3, 0.4) is 0 Å². The van der Waals surface area contributed by atoms with Gasteiger partial charge < -0.3 is 4.90 Å². The first-order valence-electron chi connectivity index (χ1n) is 11.3. The molecule has 1 saturated carbocycles. The molecular weight excluding hydrogens is 368 g/mol. The Balaban J connectivity index is 1.64. The lowest BCUT2D eigenvalue weighted by Crippen LogP contribution is -2.52. The van der Waals surface area contributed by atoms with Gasteiger partial charge in [0.1, 0.15) is 0 Å². The standard InChI is InChI=1S/C26H34N4/c1-5-30(18-22-12-8-10-19(2)27-22)24-14-7-6-13-23(24)29(4)25-15-9-11-21-17-16-20(3)28-26(21)25/h8-12,15-17,23-24H,5-7,13-14,18H2,1-4H3. The molecule has 1 aromatic carbocycles. The molecule has 0 saturated heterocycles. The molecule has 0 aliphatic heterocycles. The summed E-state index contributed by atoms with van der Waals surface area (Å²) in [5, 5.41) is 1.22. The van der Waals surface area contributed by atoms with Crippen molar-refractivity contribution in [2.24, 2.45) is 0 Å². The van der Waals surface area contributed by atoms with E-state index in [-0.39, 0.29) is 0 Å². The van der Waals surface area contributed by atoms with Gasteiger partial charge in [0.05, 0.1) is 16.9 Å². The summed E-state index contributed by atoms with van der Waals surface area (Å²) in [4.78, 5) is 14.8. The van der Waals surface area contributed by atoms with Gasteiger partial charge in [0.2, 0.25) is 0 Å². The molecule has 0 bridgehead atoms. The van der Waals surface area contributed by atoms with Crippen LogP contribution >= 0.6 is 0 Å². The Hall–Kier alpha value is -2.46. The van der Waals surface area contributed by atoms with Gasteiger partial charge in [-0.2, -0.15) is 0 Å². The van der Waals surface area contributed by atoms with Crippen LogP contribution in [-0.2, 0) is 6.54 Å². The zero-order chi connectivity index (χ0) is 21.1. The normalized spacial score (nSPS) is 19.4. The van der Waals surface area contributed by atoms with Crippen molar-refractivity contribution in [2.75, 3.05) is 18.5 Å². The quantitative estimate of drug-likeness (QED) is 0.544. The highest BCUT2D eigenvalue weighted by molar-refractivity contribution is 5.91. The number of benzene rings is 1. The molecule has 2 unspecified atom stereocenters. The van der Waals surface area contributed by atoms with Crippen molar-refractivity contribution in [3.63, 3.8) is 0 Å². The van der Waals surface area contributed by atoms with Gasteiger partial charge in [-0.25, -0.2) is 0 Å². The molecule has 0 radical (unpaired) electrons. The predicted molar refractivity (Wildman–Crippen MR) is 126 cm³/mol. The Kier molecular flexibility index (Phi) is 6.33. The molecule has 158 valence electrons. The molecule has 4 heteroatoms. The molecule has 4 rings (SSSR count). The first kappa shape index (κ1) is 20.8. The number of rotatable bonds is 6. The Bertz CT molecular complexity index is 999. The highest BCUT2D eigenvalue weighted by Crippen LogP contribution is 2.33. The average molecular weight is 403 g/mol. The fourth-order valence-electron chi connectivity index (χ4n) is 5.02. The first-order chi connectivity index (χ1) is 14.6. The monoisotopic (exact) mass is 402 g/mol. The number of para-hydroxylation sites is 1. The molecule has 2 atom stereocenters. The molecule has 4 nitrogen and oxygen atoms in total. The Morgan fingerprint density at radius 3 is 2.37 bits per heavy atom. The van der Waals surface area contributed by atoms with E-state index in [9.17, 15) is 0 Å². The second-order valence-electron chi connectivity index (χ2n) is 8.66. The van der Waals surface area contributed by atoms with E-state index in [4.69, 9.17) is 9.97 Å². The number of hydrogen-bond acceptors (Lipinski definition) is 4. The summed E-state index contributed by atoms with van der Waals surface area (Å²) in [6, 6.07) is 18.2. The van der Waals surface area contributed by atoms with Gasteiger partial charge in [-0.3, -0.25) is 14.9 Å². The minimum Gasteiger partial charge on any atom is -0.368 e. The van der Waals surface area contributed by atoms with Gasteiger partial charge in [-0.05, 0) is 57.5 Å². The molecule has 2 aromatic heterocycles. The lowest BCUT2D eigenvalue weighted by molar-refractivity contribution is 0.133. The summed E-state index contributed by atoms with van der Waals surface area (Å²) in [5.74, 6) is 0. The SMILES string of the molecule is CCN(Cc1cccc(C)n1)C1CCCCC1N(C)c1cccc2ccc(C)nc12. The van der Waals surface area contributed by atoms with E-state index in [0.717, 1.165) is 30.0 Å². The van der Waals surface area contributed by atoms with Gasteiger partial charge in [0.25, 0.3) is 0 Å². The Labute approximate surface area is 181 Å². The molecule has 2 heterocycles. The van der Waals surface area contributed by atoms with E-state index >= 15 is 0 Å². The lowest BCUT2D eigenvalue weighted by Gasteiger charge is -2.44. The van der Waals surface area contributed by atoms with Crippen molar-refractivity contribution in [3.05, 3.63) is 65.6 Å². The third-order valence-corrected chi connectivity index (χ3v) is 6.60. The van der Waals surface area contributed by atoms with Gasteiger partial charge in [0, 0.05) is 42.5 Å². The second kappa shape index (κ2) is 9.13. The van der Waals surface area contributed by atoms with Crippen molar-refractivity contribution in [1.29, 1.82) is 0 Å². The summed E-state index contributed by atoms with van der Waals surface area (Å²) in [6.45, 7) is 8.39. The summed E-state index contributed by atoms with van der Waals surface area (Å²) in [5.41, 5.74) is 5.71. The van der Waals surface area contributed by atoms with Crippen molar-refractivity contribution >= 4 is 16.6 Å². The van der Waals surface area contributed by atoms with Crippen LogP contribution in [0.4, 0.5) is 5.69 Å². The number of fused-ring (bicyclic) bond motifs is 1. The molecule has 1 aliphatic rings. The van der Waals surface area contributed by atoms with Crippen molar-refractivity contribution < 1.29 is 0 Å². The summed E-state index contributed by atoms with van der Waals surface area (Å²) in [7, 11) is 2.26. The number of hydrogen-bond donors (Lipinski definition) is 0. The number of anilines is 1. The van der Waals surface area contributed by atoms with E-state index in [0.29, 0.717) is 12.1 Å². The fraction of sp³-hybridized carbons (Fsp3) is 0.462. The van der Waals surface area contributed by atoms with Crippen LogP contribution in [0, 0.1) is 13.8 Å². The number of aromatic nitrogens is 2. The lowest BCUT2D eigenvalue weighted by atomic mass is 9.87. The van der Waals surface area contributed by atoms with Gasteiger partial charge in [-0.1, -0.05) is 44.0 Å². The summed E-state index contributed by atoms with van der Waals surface area (Å²) in [6.07, 6.45) is 5.07. The van der Waals surface area contributed by atoms with Crippen molar-refractivity contribution in [2.45, 2.75) is 65.1 Å². The zero-order valence-electron chi connectivity index (χ0n) is 18.8. The van der Waals surface area contributed by atoms with Crippen LogP contribution in [-0.4, -0.2) is 40.5 Å². The number of nitrogens with zero attached hydrogens (tertiary/aromatic N) is 4. The maximum Gasteiger partial charge on any atom is 0.0938 e. The second-order valence-corrected chi connectivity index (χ2v) is 8.66. The molecule has 1 aliphatic carbocycles. The smallest absolute Gasteiger partial charge is 0.0938 e. The van der Waals surface area contributed by atoms with E-state index in [1.54, 1.807) is 0 Å². The van der Waals surface area contributed by atoms with E-state index in [1.165, 1.54) is 42.5 Å². The Morgan fingerprint density at radius 2 is 1.60 bits per heavy atom. The molecule has 0 amide bonds. The molecule has 30 heavy (non-hydrogen) atoms. The molecule has 0 spiro atoms. The minimum absolute atomic E-state index is 0.483. The van der Waals surface area contributed by atoms with Crippen LogP contribution < -0.4 is 4.90 Å². The highest BCUT2D eigenvalue weighted by Gasteiger charge is 2.33. The maximum atomic E-state index is 4.89. The molecule has 1 fully saturated rings. The van der Waals surface area contributed by atoms with E-state index in [1.807, 2.05) is 0 Å². The van der Waals surface area contributed by atoms with Gasteiger partial charge >= 0.3 is 0 Å². The molecule has 0 N–H and O–H groups in total. The third kappa shape index (κ3) is 4.34. The average Bonchev–Trinajstić information content (AvgIpc) is 2.76. The predicted octanol–water partition coefficient (Wildman–Crippen LogP) is 5.52. The van der Waals surface area contributed by atoms with Crippen molar-refractivity contribution in [3.8, 4) is 0 Å². The van der Waals surface area contributed by atoms with Crippen molar-refractivity contribution in [1.82, 2.24) is 14.9 Å². The van der Waals surface area contributed by atoms with Crippen LogP contribution in [0.5, 0.6) is 0 Å². The number of pyridine rings is 2. The van der Waals surface area contributed by atoms with E-state index in [2.05, 4.69) is 86.1 Å². The van der Waals surface area contributed by atoms with Crippen LogP contribution in [0.15, 0.2) is 48.5 Å². The van der Waals surface area contributed by atoms with Crippen LogP contribution in [0.1, 0.15) is 49.7 Å². The highest BCUT2D eigenvalue weighted by atomic mass is 15.2. The van der Waals surface area contributed by atoms with Crippen LogP contribution in [0.2, 0.25) is 0 Å². The van der Waals surface area contributed by atoms with Crippen LogP contribution in [0.25, 0.3) is 10.9 Å². The van der Waals surface area contributed by atoms with Gasteiger partial charge in [-0.15, -0.1) is 0 Å². The zero-order valence-corrected chi connectivity index (χ0v) is 18.8. The maximum absolute atomic E-state index is 4.89. The largest absolute Gasteiger partial charge is 0.368 e. The summed E-state index contributed by atoms with van der Waals surface area (Å²) >= 11 is 0. The number of aryl methyl sites for hydroxylation is 2. The molecular formula is C26H34N4. The summed E-state index contributed by atoms with van der Waals surface area (Å²) < 4.78 is 0. The minimum atomic E-state index is 0.483. The van der Waals surface area contributed by atoms with E-state index < -0.39 is 0 Å². The fourth-order valence-corrected chi connectivity index (χ4v) is 5.02. The third-order valence-electron chi connectivity index (χ3n) is 6.60.